The maximum Gasteiger partial charge on any atom is 0.257 e. The molecule has 0 unspecified atom stereocenters. The molecule has 0 radical (unpaired) electrons. The smallest absolute Gasteiger partial charge is 0.257 e. The Morgan fingerprint density at radius 2 is 2.14 bits per heavy atom. The number of aryl methyl sites for hydroxylation is 1. The van der Waals surface area contributed by atoms with Gasteiger partial charge in [-0.05, 0) is 25.0 Å². The normalized spacial score (nSPS) is 15.1. The lowest BCUT2D eigenvalue weighted by atomic mass is 10.1. The van der Waals surface area contributed by atoms with Gasteiger partial charge in [-0.1, -0.05) is 12.1 Å². The van der Waals surface area contributed by atoms with Crippen LogP contribution in [-0.4, -0.2) is 29.0 Å². The van der Waals surface area contributed by atoms with Gasteiger partial charge in [0, 0.05) is 13.1 Å². The van der Waals surface area contributed by atoms with Crippen molar-refractivity contribution in [1.29, 1.82) is 0 Å². The zero-order valence-corrected chi connectivity index (χ0v) is 8.16. The second-order valence-corrected chi connectivity index (χ2v) is 3.62. The predicted octanol–water partition coefficient (Wildman–Crippen LogP) is 1.55. The number of amides is 1. The first-order chi connectivity index (χ1) is 6.70. The van der Waals surface area contributed by atoms with Gasteiger partial charge in [0.2, 0.25) is 0 Å². The number of phenolic OH excluding ortho intramolecular Hbond substituents is 1. The van der Waals surface area contributed by atoms with Crippen molar-refractivity contribution in [2.24, 2.45) is 0 Å². The summed E-state index contributed by atoms with van der Waals surface area (Å²) in [5, 5.41) is 9.69. The van der Waals surface area contributed by atoms with Crippen LogP contribution >= 0.6 is 0 Å². The summed E-state index contributed by atoms with van der Waals surface area (Å²) in [5.41, 5.74) is 1.17. The molecule has 0 aliphatic carbocycles. The third-order valence-corrected chi connectivity index (χ3v) is 2.61. The van der Waals surface area contributed by atoms with E-state index < -0.39 is 0 Å². The second kappa shape index (κ2) is 3.33. The standard InChI is InChI=1S/C11H13NO2/c1-8-4-2-5-9(10(8)13)11(14)12-6-3-7-12/h2,4-5,13H,3,6-7H2,1H3. The monoisotopic (exact) mass is 191 g/mol. The first-order valence-electron chi connectivity index (χ1n) is 4.78. The molecule has 0 spiro atoms. The van der Waals surface area contributed by atoms with Crippen LogP contribution < -0.4 is 0 Å². The molecule has 3 heteroatoms. The topological polar surface area (TPSA) is 40.5 Å². The molecule has 1 aliphatic rings. The molecule has 74 valence electrons. The number of rotatable bonds is 1. The van der Waals surface area contributed by atoms with E-state index in [-0.39, 0.29) is 11.7 Å². The Balaban J connectivity index is 2.31. The summed E-state index contributed by atoms with van der Waals surface area (Å²) in [6, 6.07) is 5.26. The Morgan fingerprint density at radius 3 is 2.71 bits per heavy atom. The summed E-state index contributed by atoms with van der Waals surface area (Å²) >= 11 is 0. The van der Waals surface area contributed by atoms with Gasteiger partial charge in [0.25, 0.3) is 5.91 Å². The van der Waals surface area contributed by atoms with E-state index in [0.717, 1.165) is 25.1 Å². The molecule has 1 saturated heterocycles. The van der Waals surface area contributed by atoms with E-state index in [0.29, 0.717) is 5.56 Å². The fraction of sp³-hybridized carbons (Fsp3) is 0.364. The molecular weight excluding hydrogens is 178 g/mol. The number of benzene rings is 1. The van der Waals surface area contributed by atoms with Crippen molar-refractivity contribution in [2.45, 2.75) is 13.3 Å². The Kier molecular flexibility index (Phi) is 2.15. The molecule has 14 heavy (non-hydrogen) atoms. The number of nitrogens with zero attached hydrogens (tertiary/aromatic N) is 1. The third kappa shape index (κ3) is 1.35. The molecule has 1 amide bonds. The minimum atomic E-state index is -0.0579. The average Bonchev–Trinajstić information content (AvgIpc) is 2.06. The molecule has 3 nitrogen and oxygen atoms in total. The molecule has 1 N–H and O–H groups in total. The highest BCUT2D eigenvalue weighted by molar-refractivity contribution is 5.97. The largest absolute Gasteiger partial charge is 0.507 e. The number of aromatic hydroxyl groups is 1. The maximum absolute atomic E-state index is 11.8. The molecule has 2 rings (SSSR count). The SMILES string of the molecule is Cc1cccc(C(=O)N2CCC2)c1O. The molecule has 1 aliphatic heterocycles. The van der Waals surface area contributed by atoms with Crippen LogP contribution in [0.1, 0.15) is 22.3 Å². The minimum absolute atomic E-state index is 0.0579. The second-order valence-electron chi connectivity index (χ2n) is 3.62. The maximum atomic E-state index is 11.8. The van der Waals surface area contributed by atoms with E-state index in [1.54, 1.807) is 30.0 Å². The molecule has 1 heterocycles. The van der Waals surface area contributed by atoms with Crippen LogP contribution in [0, 0.1) is 6.92 Å². The number of likely N-dealkylation sites (tertiary alicyclic amines) is 1. The molecule has 0 saturated carbocycles. The lowest BCUT2D eigenvalue weighted by molar-refractivity contribution is 0.0648. The number of phenols is 1. The summed E-state index contributed by atoms with van der Waals surface area (Å²) in [5.74, 6) is 0.0573. The predicted molar refractivity (Wildman–Crippen MR) is 53.4 cm³/mol. The van der Waals surface area contributed by atoms with E-state index in [1.165, 1.54) is 0 Å². The fourth-order valence-corrected chi connectivity index (χ4v) is 1.52. The number of hydrogen-bond acceptors (Lipinski definition) is 2. The van der Waals surface area contributed by atoms with Gasteiger partial charge in [0.1, 0.15) is 5.75 Å². The van der Waals surface area contributed by atoms with Crippen molar-refractivity contribution in [3.05, 3.63) is 29.3 Å². The molecule has 0 atom stereocenters. The number of carbonyl (C=O) groups is 1. The molecule has 1 aromatic rings. The average molecular weight is 191 g/mol. The van der Waals surface area contributed by atoms with E-state index in [4.69, 9.17) is 0 Å². The Labute approximate surface area is 83.0 Å². The summed E-state index contributed by atoms with van der Waals surface area (Å²) < 4.78 is 0. The van der Waals surface area contributed by atoms with Crippen molar-refractivity contribution in [1.82, 2.24) is 4.90 Å². The summed E-state index contributed by atoms with van der Waals surface area (Å²) in [6.07, 6.45) is 1.07. The van der Waals surface area contributed by atoms with Gasteiger partial charge in [-0.25, -0.2) is 0 Å². The van der Waals surface area contributed by atoms with Crippen molar-refractivity contribution in [2.75, 3.05) is 13.1 Å². The van der Waals surface area contributed by atoms with Gasteiger partial charge in [0.05, 0.1) is 5.56 Å². The fourth-order valence-electron chi connectivity index (χ4n) is 1.52. The van der Waals surface area contributed by atoms with Crippen LogP contribution in [0.3, 0.4) is 0 Å². The van der Waals surface area contributed by atoms with E-state index in [9.17, 15) is 9.90 Å². The van der Waals surface area contributed by atoms with E-state index >= 15 is 0 Å². The van der Waals surface area contributed by atoms with Gasteiger partial charge in [0.15, 0.2) is 0 Å². The summed E-state index contributed by atoms with van der Waals surface area (Å²) in [6.45, 7) is 3.42. The highest BCUT2D eigenvalue weighted by Gasteiger charge is 2.23. The molecule has 1 fully saturated rings. The van der Waals surface area contributed by atoms with E-state index in [1.807, 2.05) is 0 Å². The van der Waals surface area contributed by atoms with Gasteiger partial charge in [-0.3, -0.25) is 4.79 Å². The number of carbonyl (C=O) groups excluding carboxylic acids is 1. The molecule has 0 aromatic heterocycles. The number of para-hydroxylation sites is 1. The van der Waals surface area contributed by atoms with Crippen LogP contribution in [0.25, 0.3) is 0 Å². The minimum Gasteiger partial charge on any atom is -0.507 e. The van der Waals surface area contributed by atoms with Crippen LogP contribution in [-0.2, 0) is 0 Å². The van der Waals surface area contributed by atoms with Crippen LogP contribution in [0.2, 0.25) is 0 Å². The zero-order valence-electron chi connectivity index (χ0n) is 8.16. The van der Waals surface area contributed by atoms with Crippen molar-refractivity contribution in [3.63, 3.8) is 0 Å². The highest BCUT2D eigenvalue weighted by atomic mass is 16.3. The quantitative estimate of drug-likeness (QED) is 0.731. The zero-order chi connectivity index (χ0) is 10.1. The lowest BCUT2D eigenvalue weighted by Gasteiger charge is -2.31. The van der Waals surface area contributed by atoms with Crippen LogP contribution in [0.5, 0.6) is 5.75 Å². The van der Waals surface area contributed by atoms with Gasteiger partial charge < -0.3 is 10.0 Å². The Morgan fingerprint density at radius 1 is 1.43 bits per heavy atom. The summed E-state index contributed by atoms with van der Waals surface area (Å²) in [7, 11) is 0. The van der Waals surface area contributed by atoms with Gasteiger partial charge >= 0.3 is 0 Å². The highest BCUT2D eigenvalue weighted by Crippen LogP contribution is 2.24. The van der Waals surface area contributed by atoms with Crippen LogP contribution in [0.15, 0.2) is 18.2 Å². The number of hydrogen-bond donors (Lipinski definition) is 1. The third-order valence-electron chi connectivity index (χ3n) is 2.61. The molecule has 0 bridgehead atoms. The van der Waals surface area contributed by atoms with Crippen molar-refractivity contribution < 1.29 is 9.90 Å². The summed E-state index contributed by atoms with van der Waals surface area (Å²) in [4.78, 5) is 13.5. The first kappa shape index (κ1) is 9.06. The Bertz CT molecular complexity index is 370. The van der Waals surface area contributed by atoms with Crippen molar-refractivity contribution in [3.8, 4) is 5.75 Å². The molecule has 1 aromatic carbocycles. The first-order valence-corrected chi connectivity index (χ1v) is 4.78. The van der Waals surface area contributed by atoms with Crippen LogP contribution in [0.4, 0.5) is 0 Å². The van der Waals surface area contributed by atoms with Gasteiger partial charge in [-0.15, -0.1) is 0 Å². The van der Waals surface area contributed by atoms with E-state index in [2.05, 4.69) is 0 Å². The lowest BCUT2D eigenvalue weighted by Crippen LogP contribution is -2.42. The Hall–Kier alpha value is -1.51. The van der Waals surface area contributed by atoms with Crippen molar-refractivity contribution >= 4 is 5.91 Å². The van der Waals surface area contributed by atoms with Gasteiger partial charge in [-0.2, -0.15) is 0 Å². The molecular formula is C11H13NO2.